The third-order valence-corrected chi connectivity index (χ3v) is 1.24. The normalized spacial score (nSPS) is 13.0. The van der Waals surface area contributed by atoms with E-state index in [9.17, 15) is 0 Å². The Bertz CT molecular complexity index is 106. The fourth-order valence-corrected chi connectivity index (χ4v) is 0.563. The van der Waals surface area contributed by atoms with Gasteiger partial charge in [0.15, 0.2) is 0 Å². The molecule has 2 N–H and O–H groups in total. The van der Waals surface area contributed by atoms with Crippen LogP contribution in [-0.2, 0) is 0 Å². The van der Waals surface area contributed by atoms with Crippen molar-refractivity contribution in [2.45, 2.75) is 20.3 Å². The van der Waals surface area contributed by atoms with Gasteiger partial charge in [-0.25, -0.2) is 0 Å². The molecule has 0 radical (unpaired) electrons. The lowest BCUT2D eigenvalue weighted by Gasteiger charge is -1.94. The molecule has 0 saturated carbocycles. The molecule has 0 atom stereocenters. The van der Waals surface area contributed by atoms with E-state index in [0.29, 0.717) is 6.54 Å². The molecule has 0 aliphatic rings. The topological polar surface area (TPSA) is 26.0 Å². The molecule has 0 spiro atoms. The highest BCUT2D eigenvalue weighted by molar-refractivity contribution is 5.12. The van der Waals surface area contributed by atoms with Gasteiger partial charge in [0.1, 0.15) is 0 Å². The van der Waals surface area contributed by atoms with E-state index in [0.717, 1.165) is 6.42 Å². The molecule has 9 heavy (non-hydrogen) atoms. The van der Waals surface area contributed by atoms with Gasteiger partial charge in [-0.1, -0.05) is 30.7 Å². The van der Waals surface area contributed by atoms with E-state index in [1.807, 2.05) is 19.1 Å². The second-order valence-corrected chi connectivity index (χ2v) is 1.91. The van der Waals surface area contributed by atoms with Crippen LogP contribution in [0.2, 0.25) is 0 Å². The maximum absolute atomic E-state index is 5.42. The van der Waals surface area contributed by atoms with Gasteiger partial charge in [0.2, 0.25) is 0 Å². The quantitative estimate of drug-likeness (QED) is 0.572. The number of nitrogens with two attached hydrogens (primary N) is 1. The Balaban J connectivity index is 3.75. The highest BCUT2D eigenvalue weighted by atomic mass is 14.5. The number of hydrogen-bond acceptors (Lipinski definition) is 1. The third-order valence-electron chi connectivity index (χ3n) is 1.24. The van der Waals surface area contributed by atoms with Gasteiger partial charge in [-0.05, 0) is 13.3 Å². The highest BCUT2D eigenvalue weighted by Crippen LogP contribution is 1.96. The van der Waals surface area contributed by atoms with Crippen molar-refractivity contribution in [1.29, 1.82) is 0 Å². The van der Waals surface area contributed by atoms with Gasteiger partial charge in [0.25, 0.3) is 0 Å². The zero-order chi connectivity index (χ0) is 7.11. The van der Waals surface area contributed by atoms with E-state index in [1.165, 1.54) is 5.57 Å². The number of allylic oxidation sites excluding steroid dienone is 3. The first-order valence-electron chi connectivity index (χ1n) is 3.36. The minimum absolute atomic E-state index is 0.681. The van der Waals surface area contributed by atoms with Crippen molar-refractivity contribution in [2.24, 2.45) is 5.73 Å². The molecular formula is C8H15N. The van der Waals surface area contributed by atoms with Crippen molar-refractivity contribution in [3.8, 4) is 0 Å². The second-order valence-electron chi connectivity index (χ2n) is 1.91. The lowest BCUT2D eigenvalue weighted by atomic mass is 10.2. The largest absolute Gasteiger partial charge is 0.327 e. The van der Waals surface area contributed by atoms with E-state index in [2.05, 4.69) is 13.0 Å². The van der Waals surface area contributed by atoms with Crippen molar-refractivity contribution in [2.75, 3.05) is 6.54 Å². The SMILES string of the molecule is C/C=C\C=C(/CC)CN. The van der Waals surface area contributed by atoms with Crippen molar-refractivity contribution < 1.29 is 0 Å². The van der Waals surface area contributed by atoms with Gasteiger partial charge < -0.3 is 5.73 Å². The molecule has 0 unspecified atom stereocenters. The Hall–Kier alpha value is -0.560. The fraction of sp³-hybridized carbons (Fsp3) is 0.500. The first kappa shape index (κ1) is 8.44. The van der Waals surface area contributed by atoms with Gasteiger partial charge in [-0.2, -0.15) is 0 Å². The molecule has 0 heterocycles. The molecule has 1 nitrogen and oxygen atoms in total. The molecule has 0 bridgehead atoms. The van der Waals surface area contributed by atoms with Crippen molar-refractivity contribution in [3.63, 3.8) is 0 Å². The standard InChI is InChI=1S/C8H15N/c1-3-5-6-8(4-2)7-9/h3,5-6H,4,7,9H2,1-2H3/b5-3-,8-6+. The van der Waals surface area contributed by atoms with Crippen LogP contribution in [0.3, 0.4) is 0 Å². The third kappa shape index (κ3) is 3.98. The van der Waals surface area contributed by atoms with Crippen molar-refractivity contribution in [1.82, 2.24) is 0 Å². The van der Waals surface area contributed by atoms with Crippen LogP contribution >= 0.6 is 0 Å². The highest BCUT2D eigenvalue weighted by Gasteiger charge is 1.84. The van der Waals surface area contributed by atoms with Gasteiger partial charge in [0.05, 0.1) is 0 Å². The predicted octanol–water partition coefficient (Wildman–Crippen LogP) is 1.86. The Morgan fingerprint density at radius 2 is 2.22 bits per heavy atom. The maximum atomic E-state index is 5.42. The molecular weight excluding hydrogens is 110 g/mol. The summed E-state index contributed by atoms with van der Waals surface area (Å²) in [7, 11) is 0. The monoisotopic (exact) mass is 125 g/mol. The van der Waals surface area contributed by atoms with E-state index < -0.39 is 0 Å². The van der Waals surface area contributed by atoms with Gasteiger partial charge in [0, 0.05) is 6.54 Å². The lowest BCUT2D eigenvalue weighted by Crippen LogP contribution is -2.01. The van der Waals surface area contributed by atoms with Crippen molar-refractivity contribution >= 4 is 0 Å². The van der Waals surface area contributed by atoms with Crippen LogP contribution in [-0.4, -0.2) is 6.54 Å². The van der Waals surface area contributed by atoms with Crippen LogP contribution in [0.1, 0.15) is 20.3 Å². The summed E-state index contributed by atoms with van der Waals surface area (Å²) < 4.78 is 0. The number of hydrogen-bond donors (Lipinski definition) is 1. The van der Waals surface area contributed by atoms with E-state index in [1.54, 1.807) is 0 Å². The van der Waals surface area contributed by atoms with Crippen LogP contribution in [0.5, 0.6) is 0 Å². The molecule has 0 aromatic carbocycles. The Labute approximate surface area is 57.3 Å². The van der Waals surface area contributed by atoms with Crippen LogP contribution in [0.15, 0.2) is 23.8 Å². The maximum Gasteiger partial charge on any atom is 0.0139 e. The summed E-state index contributed by atoms with van der Waals surface area (Å²) in [6, 6.07) is 0. The zero-order valence-corrected chi connectivity index (χ0v) is 6.22. The van der Waals surface area contributed by atoms with Crippen molar-refractivity contribution in [3.05, 3.63) is 23.8 Å². The average Bonchev–Trinajstić information content (AvgIpc) is 1.91. The minimum Gasteiger partial charge on any atom is -0.327 e. The Morgan fingerprint density at radius 1 is 1.56 bits per heavy atom. The smallest absolute Gasteiger partial charge is 0.0139 e. The molecule has 1 heteroatoms. The first-order chi connectivity index (χ1) is 4.35. The average molecular weight is 125 g/mol. The van der Waals surface area contributed by atoms with Crippen LogP contribution in [0.25, 0.3) is 0 Å². The Kier molecular flexibility index (Phi) is 5.23. The van der Waals surface area contributed by atoms with Crippen LogP contribution in [0, 0.1) is 0 Å². The summed E-state index contributed by atoms with van der Waals surface area (Å²) >= 11 is 0. The van der Waals surface area contributed by atoms with E-state index in [-0.39, 0.29) is 0 Å². The number of rotatable bonds is 3. The summed E-state index contributed by atoms with van der Waals surface area (Å²) in [4.78, 5) is 0. The molecule has 0 saturated heterocycles. The molecule has 0 aromatic rings. The van der Waals surface area contributed by atoms with Gasteiger partial charge >= 0.3 is 0 Å². The van der Waals surface area contributed by atoms with E-state index >= 15 is 0 Å². The van der Waals surface area contributed by atoms with Gasteiger partial charge in [-0.15, -0.1) is 0 Å². The van der Waals surface area contributed by atoms with Gasteiger partial charge in [-0.3, -0.25) is 0 Å². The van der Waals surface area contributed by atoms with E-state index in [4.69, 9.17) is 5.73 Å². The zero-order valence-electron chi connectivity index (χ0n) is 6.22. The molecule has 0 aliphatic heterocycles. The second kappa shape index (κ2) is 5.57. The Morgan fingerprint density at radius 3 is 2.56 bits per heavy atom. The van der Waals surface area contributed by atoms with Crippen LogP contribution in [0.4, 0.5) is 0 Å². The van der Waals surface area contributed by atoms with Crippen LogP contribution < -0.4 is 5.73 Å². The summed E-state index contributed by atoms with van der Waals surface area (Å²) in [6.07, 6.45) is 7.15. The molecule has 0 amide bonds. The molecule has 0 fully saturated rings. The minimum atomic E-state index is 0.681. The fourth-order valence-electron chi connectivity index (χ4n) is 0.563. The predicted molar refractivity (Wildman–Crippen MR) is 42.2 cm³/mol. The summed E-state index contributed by atoms with van der Waals surface area (Å²) in [5.74, 6) is 0. The summed E-state index contributed by atoms with van der Waals surface area (Å²) in [5, 5.41) is 0. The summed E-state index contributed by atoms with van der Waals surface area (Å²) in [6.45, 7) is 4.79. The molecule has 0 rings (SSSR count). The lowest BCUT2D eigenvalue weighted by molar-refractivity contribution is 1.01. The molecule has 0 aromatic heterocycles. The molecule has 52 valence electrons. The molecule has 0 aliphatic carbocycles. The first-order valence-corrected chi connectivity index (χ1v) is 3.36. The summed E-state index contributed by atoms with van der Waals surface area (Å²) in [5.41, 5.74) is 6.72.